The molecule has 1 rings (SSSR count). The fourth-order valence-corrected chi connectivity index (χ4v) is 3.31. The predicted octanol–water partition coefficient (Wildman–Crippen LogP) is 0.920. The number of hydrogen-bond acceptors (Lipinski definition) is 4. The van der Waals surface area contributed by atoms with Crippen LogP contribution in [0, 0.1) is 0 Å². The van der Waals surface area contributed by atoms with E-state index in [-0.39, 0.29) is 19.0 Å². The molecule has 0 bridgehead atoms. The Bertz CT molecular complexity index is 499. The Morgan fingerprint density at radius 2 is 2.26 bits per heavy atom. The molecule has 8 heteroatoms. The van der Waals surface area contributed by atoms with Gasteiger partial charge in [-0.05, 0) is 35.7 Å². The topological polar surface area (TPSA) is 86.7 Å². The van der Waals surface area contributed by atoms with Gasteiger partial charge < -0.3 is 5.11 Å². The highest BCUT2D eigenvalue weighted by Gasteiger charge is 2.20. The summed E-state index contributed by atoms with van der Waals surface area (Å²) in [5.41, 5.74) is 1.08. The standard InChI is InChI=1S/C11H18N2O4S2/c1-9(7-10-4-6-18-8-10)12-19(16,17)13(2)5-3-11(14)15/h4,6,8-9,12H,3,5,7H2,1-2H3,(H,14,15). The first-order valence-corrected chi connectivity index (χ1v) is 8.16. The average Bonchev–Trinajstić information content (AvgIpc) is 2.77. The number of thiophene rings is 1. The summed E-state index contributed by atoms with van der Waals surface area (Å²) in [6, 6.07) is 1.70. The Hall–Kier alpha value is -0.960. The fourth-order valence-electron chi connectivity index (χ4n) is 1.52. The molecule has 0 aliphatic rings. The summed E-state index contributed by atoms with van der Waals surface area (Å²) in [6.07, 6.45) is 0.395. The van der Waals surface area contributed by atoms with Crippen LogP contribution in [0.2, 0.25) is 0 Å². The van der Waals surface area contributed by atoms with Gasteiger partial charge in [-0.3, -0.25) is 4.79 Å². The van der Waals surface area contributed by atoms with E-state index < -0.39 is 16.2 Å². The third kappa shape index (κ3) is 5.68. The Balaban J connectivity index is 2.51. The van der Waals surface area contributed by atoms with Crippen molar-refractivity contribution in [3.63, 3.8) is 0 Å². The van der Waals surface area contributed by atoms with Crippen LogP contribution in [0.1, 0.15) is 18.9 Å². The molecule has 0 aromatic carbocycles. The van der Waals surface area contributed by atoms with E-state index in [9.17, 15) is 13.2 Å². The van der Waals surface area contributed by atoms with Crippen molar-refractivity contribution >= 4 is 27.5 Å². The van der Waals surface area contributed by atoms with Crippen molar-refractivity contribution < 1.29 is 18.3 Å². The van der Waals surface area contributed by atoms with Gasteiger partial charge in [-0.2, -0.15) is 28.8 Å². The highest BCUT2D eigenvalue weighted by atomic mass is 32.2. The van der Waals surface area contributed by atoms with Crippen LogP contribution < -0.4 is 4.72 Å². The number of carbonyl (C=O) groups is 1. The van der Waals surface area contributed by atoms with Crippen LogP contribution in [0.25, 0.3) is 0 Å². The predicted molar refractivity (Wildman–Crippen MR) is 74.4 cm³/mol. The molecule has 1 aromatic rings. The van der Waals surface area contributed by atoms with E-state index in [0.29, 0.717) is 6.42 Å². The Morgan fingerprint density at radius 3 is 2.79 bits per heavy atom. The van der Waals surface area contributed by atoms with Gasteiger partial charge in [0.15, 0.2) is 0 Å². The second-order valence-electron chi connectivity index (χ2n) is 4.32. The van der Waals surface area contributed by atoms with Crippen molar-refractivity contribution in [2.24, 2.45) is 0 Å². The van der Waals surface area contributed by atoms with Crippen LogP contribution in [0.15, 0.2) is 16.8 Å². The molecule has 108 valence electrons. The number of carboxylic acids is 1. The minimum Gasteiger partial charge on any atom is -0.481 e. The molecule has 0 amide bonds. The molecule has 1 unspecified atom stereocenters. The summed E-state index contributed by atoms with van der Waals surface area (Å²) in [5.74, 6) is -1.02. The van der Waals surface area contributed by atoms with Crippen LogP contribution >= 0.6 is 11.3 Å². The molecule has 19 heavy (non-hydrogen) atoms. The van der Waals surface area contributed by atoms with Crippen molar-refractivity contribution in [3.05, 3.63) is 22.4 Å². The summed E-state index contributed by atoms with van der Waals surface area (Å²) in [4.78, 5) is 10.4. The molecule has 6 nitrogen and oxygen atoms in total. The van der Waals surface area contributed by atoms with Crippen molar-refractivity contribution in [1.29, 1.82) is 0 Å². The van der Waals surface area contributed by atoms with Crippen LogP contribution in [0.3, 0.4) is 0 Å². The van der Waals surface area contributed by atoms with Crippen LogP contribution in [0.5, 0.6) is 0 Å². The van der Waals surface area contributed by atoms with Gasteiger partial charge in [0.05, 0.1) is 6.42 Å². The number of nitrogens with one attached hydrogen (secondary N) is 1. The quantitative estimate of drug-likeness (QED) is 0.748. The van der Waals surface area contributed by atoms with Gasteiger partial charge in [-0.1, -0.05) is 0 Å². The van der Waals surface area contributed by atoms with Crippen molar-refractivity contribution in [3.8, 4) is 0 Å². The van der Waals surface area contributed by atoms with E-state index in [2.05, 4.69) is 4.72 Å². The van der Waals surface area contributed by atoms with E-state index >= 15 is 0 Å². The highest BCUT2D eigenvalue weighted by molar-refractivity contribution is 7.87. The summed E-state index contributed by atoms with van der Waals surface area (Å²) in [7, 11) is -2.27. The van der Waals surface area contributed by atoms with E-state index in [4.69, 9.17) is 5.11 Å². The van der Waals surface area contributed by atoms with Gasteiger partial charge in [-0.15, -0.1) is 0 Å². The van der Waals surface area contributed by atoms with Crippen LogP contribution in [0.4, 0.5) is 0 Å². The van der Waals surface area contributed by atoms with Crippen molar-refractivity contribution in [2.75, 3.05) is 13.6 Å². The van der Waals surface area contributed by atoms with Gasteiger partial charge in [-0.25, -0.2) is 0 Å². The number of hydrogen-bond donors (Lipinski definition) is 2. The maximum atomic E-state index is 11.9. The minimum absolute atomic E-state index is 0.0458. The number of carboxylic acid groups (broad SMARTS) is 1. The summed E-state index contributed by atoms with van der Waals surface area (Å²) in [6.45, 7) is 1.73. The third-order valence-electron chi connectivity index (χ3n) is 2.52. The Kier molecular flexibility index (Phi) is 5.92. The Morgan fingerprint density at radius 1 is 1.58 bits per heavy atom. The van der Waals surface area contributed by atoms with Gasteiger partial charge in [0.25, 0.3) is 10.2 Å². The molecule has 1 heterocycles. The summed E-state index contributed by atoms with van der Waals surface area (Å²) in [5, 5.41) is 12.5. The second kappa shape index (κ2) is 6.99. The highest BCUT2D eigenvalue weighted by Crippen LogP contribution is 2.09. The molecule has 0 saturated heterocycles. The van der Waals surface area contributed by atoms with E-state index in [1.807, 2.05) is 16.8 Å². The van der Waals surface area contributed by atoms with Gasteiger partial charge >= 0.3 is 5.97 Å². The molecular weight excluding hydrogens is 288 g/mol. The lowest BCUT2D eigenvalue weighted by Gasteiger charge is -2.20. The molecule has 1 aromatic heterocycles. The first kappa shape index (κ1) is 16.1. The molecule has 2 N–H and O–H groups in total. The lowest BCUT2D eigenvalue weighted by atomic mass is 10.1. The van der Waals surface area contributed by atoms with E-state index in [0.717, 1.165) is 9.87 Å². The number of rotatable bonds is 8. The van der Waals surface area contributed by atoms with Gasteiger partial charge in [0.2, 0.25) is 0 Å². The van der Waals surface area contributed by atoms with Crippen molar-refractivity contribution in [1.82, 2.24) is 9.03 Å². The second-order valence-corrected chi connectivity index (χ2v) is 6.91. The first-order valence-electron chi connectivity index (χ1n) is 5.77. The molecule has 0 aliphatic heterocycles. The average molecular weight is 306 g/mol. The molecule has 0 saturated carbocycles. The fraction of sp³-hybridized carbons (Fsp3) is 0.545. The third-order valence-corrected chi connectivity index (χ3v) is 4.96. The number of aliphatic carboxylic acids is 1. The zero-order valence-electron chi connectivity index (χ0n) is 10.9. The van der Waals surface area contributed by atoms with Gasteiger partial charge in [0.1, 0.15) is 0 Å². The zero-order chi connectivity index (χ0) is 14.5. The molecule has 0 aliphatic carbocycles. The van der Waals surface area contributed by atoms with Crippen LogP contribution in [-0.4, -0.2) is 43.4 Å². The van der Waals surface area contributed by atoms with Crippen molar-refractivity contribution in [2.45, 2.75) is 25.8 Å². The van der Waals surface area contributed by atoms with E-state index in [1.54, 1.807) is 18.3 Å². The largest absolute Gasteiger partial charge is 0.481 e. The van der Waals surface area contributed by atoms with Gasteiger partial charge in [0, 0.05) is 19.6 Å². The monoisotopic (exact) mass is 306 g/mol. The lowest BCUT2D eigenvalue weighted by molar-refractivity contribution is -0.137. The normalized spacial score (nSPS) is 13.6. The molecular formula is C11H18N2O4S2. The molecule has 0 fully saturated rings. The SMILES string of the molecule is CC(Cc1ccsc1)NS(=O)(=O)N(C)CCC(=O)O. The summed E-state index contributed by atoms with van der Waals surface area (Å²) >= 11 is 1.56. The Labute approximate surface area is 117 Å². The molecule has 1 atom stereocenters. The molecule has 0 spiro atoms. The molecule has 0 radical (unpaired) electrons. The summed E-state index contributed by atoms with van der Waals surface area (Å²) < 4.78 is 27.4. The lowest BCUT2D eigenvalue weighted by Crippen LogP contribution is -2.43. The zero-order valence-corrected chi connectivity index (χ0v) is 12.5. The minimum atomic E-state index is -3.63. The van der Waals surface area contributed by atoms with Crippen LogP contribution in [-0.2, 0) is 21.4 Å². The first-order chi connectivity index (χ1) is 8.81. The number of nitrogens with zero attached hydrogens (tertiary/aromatic N) is 1. The van der Waals surface area contributed by atoms with E-state index in [1.165, 1.54) is 7.05 Å². The maximum Gasteiger partial charge on any atom is 0.304 e. The smallest absolute Gasteiger partial charge is 0.304 e. The maximum absolute atomic E-state index is 11.9.